The molecule has 0 radical (unpaired) electrons. The number of benzene rings is 3. The second kappa shape index (κ2) is 9.63. The Morgan fingerprint density at radius 1 is 0.914 bits per heavy atom. The zero-order valence-corrected chi connectivity index (χ0v) is 20.4. The monoisotopic (exact) mass is 553 g/mol. The molecule has 2 atom stereocenters. The maximum atomic E-state index is 14.4. The van der Waals surface area contributed by atoms with Gasteiger partial charge in [-0.15, -0.1) is 23.2 Å². The Morgan fingerprint density at radius 3 is 2.31 bits per heavy atom. The quantitative estimate of drug-likeness (QED) is 0.336. The topological polar surface area (TPSA) is 82.0 Å². The molecule has 1 fully saturated rings. The van der Waals surface area contributed by atoms with Gasteiger partial charge >= 0.3 is 0 Å². The van der Waals surface area contributed by atoms with Crippen molar-refractivity contribution in [2.75, 3.05) is 10.6 Å². The van der Waals surface area contributed by atoms with Crippen LogP contribution in [0.15, 0.2) is 54.6 Å². The number of hydrogen-bond acceptors (Lipinski definition) is 3. The molecule has 2 amide bonds. The Hall–Kier alpha value is -2.89. The molecule has 178 valence electrons. The third-order valence-corrected chi connectivity index (χ3v) is 7.14. The molecule has 2 N–H and O–H groups in total. The van der Waals surface area contributed by atoms with Gasteiger partial charge in [0.05, 0.1) is 38.8 Å². The van der Waals surface area contributed by atoms with Crippen molar-refractivity contribution in [3.8, 4) is 6.07 Å². The van der Waals surface area contributed by atoms with Crippen molar-refractivity contribution in [2.24, 2.45) is 5.92 Å². The third kappa shape index (κ3) is 5.07. The van der Waals surface area contributed by atoms with Gasteiger partial charge in [0.25, 0.3) is 5.91 Å². The number of rotatable bonds is 5. The number of alkyl halides is 2. The van der Waals surface area contributed by atoms with Gasteiger partial charge in [-0.25, -0.2) is 8.78 Å². The number of nitriles is 1. The van der Waals surface area contributed by atoms with E-state index in [0.29, 0.717) is 10.6 Å². The molecule has 3 aromatic rings. The van der Waals surface area contributed by atoms with Crippen LogP contribution >= 0.6 is 46.4 Å². The van der Waals surface area contributed by atoms with E-state index < -0.39 is 45.2 Å². The molecule has 0 spiro atoms. The average molecular weight is 555 g/mol. The van der Waals surface area contributed by atoms with E-state index >= 15 is 0 Å². The number of halogens is 6. The summed E-state index contributed by atoms with van der Waals surface area (Å²) in [6.07, 6.45) is 0. The van der Waals surface area contributed by atoms with Crippen LogP contribution in [0, 0.1) is 28.9 Å². The molecule has 1 aliphatic rings. The summed E-state index contributed by atoms with van der Waals surface area (Å²) in [5.41, 5.74) is 0.106. The maximum Gasteiger partial charge on any atom is 0.258 e. The van der Waals surface area contributed by atoms with Crippen molar-refractivity contribution in [3.05, 3.63) is 93.0 Å². The number of nitrogens with zero attached hydrogens (tertiary/aromatic N) is 1. The number of anilines is 2. The van der Waals surface area contributed by atoms with E-state index in [1.165, 1.54) is 18.2 Å². The fourth-order valence-corrected chi connectivity index (χ4v) is 4.78. The van der Waals surface area contributed by atoms with Crippen LogP contribution in [0.5, 0.6) is 0 Å². The van der Waals surface area contributed by atoms with E-state index in [1.807, 2.05) is 0 Å². The highest BCUT2D eigenvalue weighted by atomic mass is 35.5. The van der Waals surface area contributed by atoms with E-state index in [4.69, 9.17) is 51.7 Å². The molecule has 3 aromatic carbocycles. The highest BCUT2D eigenvalue weighted by Gasteiger charge is 2.67. The predicted octanol–water partition coefficient (Wildman–Crippen LogP) is 6.92. The van der Waals surface area contributed by atoms with Crippen LogP contribution in [0.2, 0.25) is 10.0 Å². The van der Waals surface area contributed by atoms with Crippen molar-refractivity contribution in [2.45, 2.75) is 10.3 Å². The van der Waals surface area contributed by atoms with Crippen LogP contribution in [-0.4, -0.2) is 16.1 Å². The van der Waals surface area contributed by atoms with E-state index in [2.05, 4.69) is 10.6 Å². The summed E-state index contributed by atoms with van der Waals surface area (Å²) in [5, 5.41) is 14.3. The lowest BCUT2D eigenvalue weighted by molar-refractivity contribution is -0.117. The Morgan fingerprint density at radius 2 is 1.66 bits per heavy atom. The molecular weight excluding hydrogens is 542 g/mol. The second-order valence-corrected chi connectivity index (χ2v) is 10.0. The second-order valence-electron chi connectivity index (χ2n) is 7.75. The van der Waals surface area contributed by atoms with Crippen LogP contribution in [0.1, 0.15) is 27.4 Å². The Bertz CT molecular complexity index is 1410. The summed E-state index contributed by atoms with van der Waals surface area (Å²) < 4.78 is 27.0. The van der Waals surface area contributed by atoms with E-state index in [-0.39, 0.29) is 22.0 Å². The number of amides is 2. The van der Waals surface area contributed by atoms with Crippen LogP contribution in [0.3, 0.4) is 0 Å². The summed E-state index contributed by atoms with van der Waals surface area (Å²) in [5.74, 6) is -4.67. The van der Waals surface area contributed by atoms with Gasteiger partial charge in [-0.2, -0.15) is 5.26 Å². The molecule has 0 aromatic heterocycles. The van der Waals surface area contributed by atoms with Gasteiger partial charge < -0.3 is 10.6 Å². The number of nitrogens with one attached hydrogen (secondary N) is 2. The van der Waals surface area contributed by atoms with Gasteiger partial charge in [-0.05, 0) is 54.1 Å². The predicted molar refractivity (Wildman–Crippen MR) is 131 cm³/mol. The largest absolute Gasteiger partial charge is 0.326 e. The van der Waals surface area contributed by atoms with E-state index in [1.54, 1.807) is 24.3 Å². The summed E-state index contributed by atoms with van der Waals surface area (Å²) in [7, 11) is 0. The molecule has 0 saturated heterocycles. The minimum Gasteiger partial charge on any atom is -0.326 e. The van der Waals surface area contributed by atoms with Crippen LogP contribution in [-0.2, 0) is 4.79 Å². The lowest BCUT2D eigenvalue weighted by atomic mass is 10.1. The minimum absolute atomic E-state index is 0.0605. The summed E-state index contributed by atoms with van der Waals surface area (Å²) in [6, 6.07) is 13.3. The van der Waals surface area contributed by atoms with Crippen LogP contribution < -0.4 is 10.6 Å². The van der Waals surface area contributed by atoms with Crippen molar-refractivity contribution < 1.29 is 18.4 Å². The molecular formula is C24H13Cl4F2N3O2. The van der Waals surface area contributed by atoms with E-state index in [0.717, 1.165) is 18.2 Å². The molecule has 0 unspecified atom stereocenters. The van der Waals surface area contributed by atoms with Crippen molar-refractivity contribution in [1.29, 1.82) is 5.26 Å². The van der Waals surface area contributed by atoms with Gasteiger partial charge in [0.15, 0.2) is 0 Å². The first-order valence-corrected chi connectivity index (χ1v) is 11.5. The molecule has 1 saturated carbocycles. The van der Waals surface area contributed by atoms with Crippen molar-refractivity contribution in [3.63, 3.8) is 0 Å². The number of hydrogen-bond donors (Lipinski definition) is 2. The normalized spacial score (nSPS) is 17.9. The summed E-state index contributed by atoms with van der Waals surface area (Å²) in [6.45, 7) is 0. The molecule has 35 heavy (non-hydrogen) atoms. The first-order valence-electron chi connectivity index (χ1n) is 9.97. The van der Waals surface area contributed by atoms with Crippen molar-refractivity contribution >= 4 is 69.6 Å². The lowest BCUT2D eigenvalue weighted by Gasteiger charge is -2.10. The van der Waals surface area contributed by atoms with Crippen LogP contribution in [0.4, 0.5) is 20.2 Å². The Labute approximate surface area is 218 Å². The zero-order valence-electron chi connectivity index (χ0n) is 17.4. The zero-order chi connectivity index (χ0) is 25.5. The highest BCUT2D eigenvalue weighted by Crippen LogP contribution is 2.65. The lowest BCUT2D eigenvalue weighted by Crippen LogP contribution is -2.19. The summed E-state index contributed by atoms with van der Waals surface area (Å²) in [4.78, 5) is 25.4. The molecule has 5 nitrogen and oxygen atoms in total. The van der Waals surface area contributed by atoms with Gasteiger partial charge in [0.2, 0.25) is 5.91 Å². The minimum atomic E-state index is -1.41. The van der Waals surface area contributed by atoms with E-state index in [9.17, 15) is 18.4 Å². The van der Waals surface area contributed by atoms with Gasteiger partial charge in [-0.3, -0.25) is 9.59 Å². The number of carbonyl (C=O) groups excluding carboxylic acids is 2. The SMILES string of the molecule is N#Cc1ccc(NC(=O)c2cc(NC(=O)[C@@H]3[C@@H](c4ccc(Cl)c(Cl)c4)C3(Cl)Cl)ccc2F)c(F)c1. The fraction of sp³-hybridized carbons (Fsp3) is 0.125. The van der Waals surface area contributed by atoms with Gasteiger partial charge in [0.1, 0.15) is 16.0 Å². The van der Waals surface area contributed by atoms with Crippen LogP contribution in [0.25, 0.3) is 0 Å². The smallest absolute Gasteiger partial charge is 0.258 e. The van der Waals surface area contributed by atoms with Gasteiger partial charge in [0, 0.05) is 11.6 Å². The molecule has 0 aliphatic heterocycles. The third-order valence-electron chi connectivity index (χ3n) is 5.46. The fourth-order valence-electron chi connectivity index (χ4n) is 3.65. The first-order chi connectivity index (χ1) is 16.5. The summed E-state index contributed by atoms with van der Waals surface area (Å²) >= 11 is 24.7. The highest BCUT2D eigenvalue weighted by molar-refractivity contribution is 6.53. The molecule has 11 heteroatoms. The Balaban J connectivity index is 1.51. The first kappa shape index (κ1) is 25.2. The van der Waals surface area contributed by atoms with Crippen molar-refractivity contribution in [1.82, 2.24) is 0 Å². The maximum absolute atomic E-state index is 14.4. The molecule has 1 aliphatic carbocycles. The number of carbonyl (C=O) groups is 2. The average Bonchev–Trinajstić information content (AvgIpc) is 3.40. The molecule has 4 rings (SSSR count). The standard InChI is InChI=1S/C24H13Cl4F2N3O2/c25-15-4-2-12(8-16(15)26)20-21(24(20,27)28)23(35)32-13-3-5-17(29)14(9-13)22(34)33-19-6-1-11(10-31)7-18(19)30/h1-9,20-21H,(H,32,35)(H,33,34)/t20-,21+/m1/s1. The molecule has 0 bridgehead atoms. The Kier molecular flexibility index (Phi) is 6.94. The molecule has 0 heterocycles. The van der Waals surface area contributed by atoms with Gasteiger partial charge in [-0.1, -0.05) is 29.3 Å².